The summed E-state index contributed by atoms with van der Waals surface area (Å²) in [4.78, 5) is 0. The highest BCUT2D eigenvalue weighted by Gasteiger charge is 2.22. The Labute approximate surface area is 95.2 Å². The van der Waals surface area contributed by atoms with Gasteiger partial charge in [-0.3, -0.25) is 0 Å². The first-order valence-corrected chi connectivity index (χ1v) is 5.16. The van der Waals surface area contributed by atoms with Crippen LogP contribution in [-0.2, 0) is 6.42 Å². The standard InChI is InChI=1S/C10H12BrF2NO/c1-10(2,14)4-5-8(13)7(12)3-6(11)9(5)15/h3,15H,4,14H2,1-2H3. The molecule has 1 rings (SSSR count). The Kier molecular flexibility index (Phi) is 3.35. The molecule has 0 aliphatic heterocycles. The molecule has 1 aromatic rings. The number of phenols is 1. The zero-order valence-corrected chi connectivity index (χ0v) is 10.0. The Balaban J connectivity index is 3.27. The van der Waals surface area contributed by atoms with Crippen molar-refractivity contribution in [2.24, 2.45) is 5.73 Å². The highest BCUT2D eigenvalue weighted by atomic mass is 79.9. The van der Waals surface area contributed by atoms with Gasteiger partial charge in [0, 0.05) is 11.1 Å². The van der Waals surface area contributed by atoms with Crippen LogP contribution in [0.5, 0.6) is 5.75 Å². The summed E-state index contributed by atoms with van der Waals surface area (Å²) in [5.41, 5.74) is 4.87. The average molecular weight is 280 g/mol. The number of nitrogens with two attached hydrogens (primary N) is 1. The van der Waals surface area contributed by atoms with Crippen molar-refractivity contribution in [2.45, 2.75) is 25.8 Å². The number of phenolic OH excluding ortho intramolecular Hbond substituents is 1. The zero-order chi connectivity index (χ0) is 11.8. The van der Waals surface area contributed by atoms with Crippen molar-refractivity contribution in [1.29, 1.82) is 0 Å². The summed E-state index contributed by atoms with van der Waals surface area (Å²) in [5.74, 6) is -2.35. The van der Waals surface area contributed by atoms with Crippen molar-refractivity contribution in [3.05, 3.63) is 27.7 Å². The predicted octanol–water partition coefficient (Wildman–Crippen LogP) is 2.71. The van der Waals surface area contributed by atoms with E-state index < -0.39 is 17.2 Å². The molecule has 0 amide bonds. The quantitative estimate of drug-likeness (QED) is 0.818. The van der Waals surface area contributed by atoms with Crippen LogP contribution in [0, 0.1) is 11.6 Å². The molecule has 0 saturated heterocycles. The predicted molar refractivity (Wildman–Crippen MR) is 57.7 cm³/mol. The molecule has 0 bridgehead atoms. The monoisotopic (exact) mass is 279 g/mol. The lowest BCUT2D eigenvalue weighted by Gasteiger charge is -2.20. The maximum absolute atomic E-state index is 13.4. The van der Waals surface area contributed by atoms with Crippen molar-refractivity contribution < 1.29 is 13.9 Å². The molecule has 0 aromatic heterocycles. The molecule has 0 heterocycles. The fourth-order valence-electron chi connectivity index (χ4n) is 1.25. The molecule has 84 valence electrons. The van der Waals surface area contributed by atoms with Gasteiger partial charge in [-0.2, -0.15) is 0 Å². The first-order chi connectivity index (χ1) is 6.72. The summed E-state index contributed by atoms with van der Waals surface area (Å²) in [6, 6.07) is 0.887. The number of aromatic hydroxyl groups is 1. The maximum Gasteiger partial charge on any atom is 0.165 e. The molecule has 0 spiro atoms. The fraction of sp³-hybridized carbons (Fsp3) is 0.400. The minimum atomic E-state index is -1.05. The lowest BCUT2D eigenvalue weighted by atomic mass is 9.95. The summed E-state index contributed by atoms with van der Waals surface area (Å²) in [6.07, 6.45) is 0.0566. The molecule has 3 N–H and O–H groups in total. The largest absolute Gasteiger partial charge is 0.506 e. The van der Waals surface area contributed by atoms with E-state index in [1.807, 2.05) is 0 Å². The highest BCUT2D eigenvalue weighted by molar-refractivity contribution is 9.10. The van der Waals surface area contributed by atoms with Crippen molar-refractivity contribution in [3.63, 3.8) is 0 Å². The van der Waals surface area contributed by atoms with Gasteiger partial charge in [0.2, 0.25) is 0 Å². The van der Waals surface area contributed by atoms with E-state index in [0.29, 0.717) is 0 Å². The number of rotatable bonds is 2. The van der Waals surface area contributed by atoms with E-state index in [2.05, 4.69) is 15.9 Å². The molecule has 0 fully saturated rings. The first-order valence-electron chi connectivity index (χ1n) is 4.36. The second-order valence-corrected chi connectivity index (χ2v) is 5.00. The van der Waals surface area contributed by atoms with Gasteiger partial charge in [-0.05, 0) is 42.3 Å². The number of hydrogen-bond donors (Lipinski definition) is 2. The normalized spacial score (nSPS) is 11.9. The molecule has 15 heavy (non-hydrogen) atoms. The maximum atomic E-state index is 13.4. The lowest BCUT2D eigenvalue weighted by Crippen LogP contribution is -2.34. The van der Waals surface area contributed by atoms with Crippen molar-refractivity contribution in [2.75, 3.05) is 0 Å². The van der Waals surface area contributed by atoms with E-state index in [-0.39, 0.29) is 22.2 Å². The molecule has 0 radical (unpaired) electrons. The van der Waals surface area contributed by atoms with Gasteiger partial charge in [0.05, 0.1) is 4.47 Å². The summed E-state index contributed by atoms with van der Waals surface area (Å²) >= 11 is 2.94. The fourth-order valence-corrected chi connectivity index (χ4v) is 1.69. The van der Waals surface area contributed by atoms with Gasteiger partial charge in [0.1, 0.15) is 5.75 Å². The van der Waals surface area contributed by atoms with Crippen LogP contribution in [0.3, 0.4) is 0 Å². The van der Waals surface area contributed by atoms with Gasteiger partial charge in [0.25, 0.3) is 0 Å². The summed E-state index contributed by atoms with van der Waals surface area (Å²) in [5, 5.41) is 9.56. The molecular weight excluding hydrogens is 268 g/mol. The van der Waals surface area contributed by atoms with Gasteiger partial charge in [0.15, 0.2) is 11.6 Å². The Bertz CT molecular complexity index is 362. The van der Waals surface area contributed by atoms with Crippen molar-refractivity contribution in [1.82, 2.24) is 0 Å². The average Bonchev–Trinajstić information content (AvgIpc) is 2.08. The third-order valence-electron chi connectivity index (χ3n) is 1.87. The van der Waals surface area contributed by atoms with Crippen LogP contribution in [0.1, 0.15) is 19.4 Å². The van der Waals surface area contributed by atoms with Gasteiger partial charge < -0.3 is 10.8 Å². The molecule has 5 heteroatoms. The van der Waals surface area contributed by atoms with Crippen LogP contribution >= 0.6 is 15.9 Å². The molecule has 0 saturated carbocycles. The molecule has 0 unspecified atom stereocenters. The van der Waals surface area contributed by atoms with Gasteiger partial charge in [-0.25, -0.2) is 8.78 Å². The summed E-state index contributed by atoms with van der Waals surface area (Å²) in [7, 11) is 0. The molecule has 0 aliphatic rings. The molecule has 2 nitrogen and oxygen atoms in total. The van der Waals surface area contributed by atoms with E-state index in [0.717, 1.165) is 6.07 Å². The first kappa shape index (κ1) is 12.4. The lowest BCUT2D eigenvalue weighted by molar-refractivity contribution is 0.417. The SMILES string of the molecule is CC(C)(N)Cc1c(O)c(Br)cc(F)c1F. The molecule has 0 atom stereocenters. The number of hydrogen-bond acceptors (Lipinski definition) is 2. The van der Waals surface area contributed by atoms with Crippen LogP contribution in [0.4, 0.5) is 8.78 Å². The Morgan fingerprint density at radius 1 is 1.47 bits per heavy atom. The highest BCUT2D eigenvalue weighted by Crippen LogP contribution is 2.33. The van der Waals surface area contributed by atoms with E-state index >= 15 is 0 Å². The van der Waals surface area contributed by atoms with Gasteiger partial charge >= 0.3 is 0 Å². The van der Waals surface area contributed by atoms with Crippen LogP contribution in [-0.4, -0.2) is 10.6 Å². The smallest absolute Gasteiger partial charge is 0.165 e. The van der Waals surface area contributed by atoms with Crippen molar-refractivity contribution in [3.8, 4) is 5.75 Å². The Morgan fingerprint density at radius 3 is 2.47 bits per heavy atom. The van der Waals surface area contributed by atoms with E-state index in [9.17, 15) is 13.9 Å². The third-order valence-corrected chi connectivity index (χ3v) is 2.48. The Morgan fingerprint density at radius 2 is 2.00 bits per heavy atom. The minimum absolute atomic E-state index is 0.0566. The molecule has 0 aliphatic carbocycles. The molecular formula is C10H12BrF2NO. The van der Waals surface area contributed by atoms with Gasteiger partial charge in [-0.1, -0.05) is 0 Å². The third kappa shape index (κ3) is 2.89. The van der Waals surface area contributed by atoms with Gasteiger partial charge in [-0.15, -0.1) is 0 Å². The minimum Gasteiger partial charge on any atom is -0.506 e. The summed E-state index contributed by atoms with van der Waals surface area (Å²) < 4.78 is 26.5. The second-order valence-electron chi connectivity index (χ2n) is 4.15. The number of benzene rings is 1. The van der Waals surface area contributed by atoms with Crippen LogP contribution in [0.2, 0.25) is 0 Å². The Hall–Kier alpha value is -0.680. The van der Waals surface area contributed by atoms with E-state index in [1.165, 1.54) is 0 Å². The van der Waals surface area contributed by atoms with Crippen molar-refractivity contribution >= 4 is 15.9 Å². The van der Waals surface area contributed by atoms with E-state index in [4.69, 9.17) is 5.73 Å². The second kappa shape index (κ2) is 4.06. The van der Waals surface area contributed by atoms with E-state index in [1.54, 1.807) is 13.8 Å². The topological polar surface area (TPSA) is 46.2 Å². The molecule has 1 aromatic carbocycles. The summed E-state index contributed by atoms with van der Waals surface area (Å²) in [6.45, 7) is 3.34. The zero-order valence-electron chi connectivity index (χ0n) is 8.44. The number of halogens is 3. The van der Waals surface area contributed by atoms with Crippen LogP contribution in [0.25, 0.3) is 0 Å². The van der Waals surface area contributed by atoms with Crippen LogP contribution in [0.15, 0.2) is 10.5 Å². The van der Waals surface area contributed by atoms with Crippen LogP contribution < -0.4 is 5.73 Å².